The van der Waals surface area contributed by atoms with Crippen LogP contribution >= 0.6 is 0 Å². The van der Waals surface area contributed by atoms with Crippen molar-refractivity contribution in [2.45, 2.75) is 39.7 Å². The first kappa shape index (κ1) is 21.0. The third-order valence-corrected chi connectivity index (χ3v) is 4.83. The summed E-state index contributed by atoms with van der Waals surface area (Å²) in [6.07, 6.45) is 2.29. The van der Waals surface area contributed by atoms with Crippen molar-refractivity contribution in [3.63, 3.8) is 0 Å². The third kappa shape index (κ3) is 5.66. The van der Waals surface area contributed by atoms with E-state index in [4.69, 9.17) is 9.47 Å². The molecule has 1 atom stereocenters. The minimum absolute atomic E-state index is 0.168. The molecular weight excluding hydrogens is 366 g/mol. The number of nitrogens with one attached hydrogen (secondary N) is 1. The van der Waals surface area contributed by atoms with Crippen LogP contribution in [0.1, 0.15) is 37.9 Å². The van der Waals surface area contributed by atoms with Crippen molar-refractivity contribution in [1.29, 1.82) is 0 Å². The number of aryl methyl sites for hydroxylation is 1. The molecule has 1 aliphatic heterocycles. The second-order valence-corrected chi connectivity index (χ2v) is 7.16. The fourth-order valence-electron chi connectivity index (χ4n) is 3.43. The van der Waals surface area contributed by atoms with E-state index in [1.807, 2.05) is 39.0 Å². The SMILES string of the molecule is CC#Cc1ccc(-c2nnc(N[C@@H]3CCCN(C)C3)nc2C)c(OCOCC)c1. The Morgan fingerprint density at radius 3 is 2.90 bits per heavy atom. The second-order valence-electron chi connectivity index (χ2n) is 7.16. The zero-order valence-electron chi connectivity index (χ0n) is 17.7. The van der Waals surface area contributed by atoms with Crippen LogP contribution < -0.4 is 10.1 Å². The number of benzene rings is 1. The van der Waals surface area contributed by atoms with Crippen LogP contribution in [0.5, 0.6) is 5.75 Å². The van der Waals surface area contributed by atoms with Crippen LogP contribution in [0.4, 0.5) is 5.95 Å². The van der Waals surface area contributed by atoms with Crippen molar-refractivity contribution in [2.75, 3.05) is 38.9 Å². The fourth-order valence-corrected chi connectivity index (χ4v) is 3.43. The molecule has 1 fully saturated rings. The zero-order valence-corrected chi connectivity index (χ0v) is 17.7. The molecule has 2 aromatic rings. The van der Waals surface area contributed by atoms with Crippen molar-refractivity contribution in [3.8, 4) is 28.8 Å². The summed E-state index contributed by atoms with van der Waals surface area (Å²) in [7, 11) is 2.14. The molecule has 1 N–H and O–H groups in total. The molecule has 3 rings (SSSR count). The number of anilines is 1. The number of piperidine rings is 1. The fraction of sp³-hybridized carbons (Fsp3) is 0.500. The monoisotopic (exact) mass is 395 g/mol. The largest absolute Gasteiger partial charge is 0.467 e. The molecule has 154 valence electrons. The molecule has 0 radical (unpaired) electrons. The van der Waals surface area contributed by atoms with E-state index >= 15 is 0 Å². The summed E-state index contributed by atoms with van der Waals surface area (Å²) in [5.41, 5.74) is 3.19. The van der Waals surface area contributed by atoms with Gasteiger partial charge >= 0.3 is 0 Å². The van der Waals surface area contributed by atoms with Gasteiger partial charge < -0.3 is 19.7 Å². The smallest absolute Gasteiger partial charge is 0.243 e. The van der Waals surface area contributed by atoms with Crippen LogP contribution in [0, 0.1) is 18.8 Å². The molecule has 7 heteroatoms. The maximum Gasteiger partial charge on any atom is 0.243 e. The molecule has 1 aliphatic rings. The van der Waals surface area contributed by atoms with E-state index in [9.17, 15) is 0 Å². The van der Waals surface area contributed by atoms with Gasteiger partial charge in [0.2, 0.25) is 5.95 Å². The number of aromatic nitrogens is 3. The van der Waals surface area contributed by atoms with E-state index in [0.29, 0.717) is 30.0 Å². The highest BCUT2D eigenvalue weighted by molar-refractivity contribution is 5.70. The van der Waals surface area contributed by atoms with Gasteiger partial charge in [0, 0.05) is 30.3 Å². The zero-order chi connectivity index (χ0) is 20.6. The highest BCUT2D eigenvalue weighted by Crippen LogP contribution is 2.31. The Balaban J connectivity index is 1.83. The van der Waals surface area contributed by atoms with Crippen molar-refractivity contribution >= 4 is 5.95 Å². The molecule has 0 unspecified atom stereocenters. The maximum absolute atomic E-state index is 5.83. The van der Waals surface area contributed by atoms with Gasteiger partial charge in [-0.25, -0.2) is 4.98 Å². The van der Waals surface area contributed by atoms with Gasteiger partial charge in [-0.3, -0.25) is 0 Å². The number of hydrogen-bond donors (Lipinski definition) is 1. The molecule has 0 bridgehead atoms. The lowest BCUT2D eigenvalue weighted by Gasteiger charge is -2.30. The van der Waals surface area contributed by atoms with E-state index in [2.05, 4.69) is 44.3 Å². The number of hydrogen-bond acceptors (Lipinski definition) is 7. The molecule has 0 amide bonds. The molecule has 1 aromatic heterocycles. The van der Waals surface area contributed by atoms with Crippen molar-refractivity contribution in [3.05, 3.63) is 29.5 Å². The first-order valence-electron chi connectivity index (χ1n) is 10.0. The molecule has 1 saturated heterocycles. The normalized spacial score (nSPS) is 16.8. The average Bonchev–Trinajstić information content (AvgIpc) is 2.69. The van der Waals surface area contributed by atoms with Gasteiger partial charge in [-0.05, 0) is 65.4 Å². The summed E-state index contributed by atoms with van der Waals surface area (Å²) in [6.45, 7) is 8.55. The summed E-state index contributed by atoms with van der Waals surface area (Å²) < 4.78 is 11.2. The van der Waals surface area contributed by atoms with Gasteiger partial charge in [0.25, 0.3) is 0 Å². The summed E-state index contributed by atoms with van der Waals surface area (Å²) >= 11 is 0. The first-order chi connectivity index (χ1) is 14.1. The predicted octanol–water partition coefficient (Wildman–Crippen LogP) is 3.10. The lowest BCUT2D eigenvalue weighted by Crippen LogP contribution is -2.40. The maximum atomic E-state index is 5.83. The Morgan fingerprint density at radius 2 is 2.17 bits per heavy atom. The van der Waals surface area contributed by atoms with Crippen LogP contribution in [0.25, 0.3) is 11.3 Å². The molecule has 0 saturated carbocycles. The lowest BCUT2D eigenvalue weighted by molar-refractivity contribution is 0.0227. The Kier molecular flexibility index (Phi) is 7.39. The molecule has 0 aliphatic carbocycles. The average molecular weight is 396 g/mol. The lowest BCUT2D eigenvalue weighted by atomic mass is 10.1. The van der Waals surface area contributed by atoms with Gasteiger partial charge in [0.1, 0.15) is 11.4 Å². The second kappa shape index (κ2) is 10.2. The van der Waals surface area contributed by atoms with Gasteiger partial charge in [0.15, 0.2) is 6.79 Å². The number of likely N-dealkylation sites (N-methyl/N-ethyl adjacent to an activating group) is 1. The Labute approximate surface area is 172 Å². The topological polar surface area (TPSA) is 72.4 Å². The van der Waals surface area contributed by atoms with Crippen LogP contribution in [-0.2, 0) is 4.74 Å². The number of rotatable bonds is 7. The minimum Gasteiger partial charge on any atom is -0.467 e. The molecule has 7 nitrogen and oxygen atoms in total. The Hall–Kier alpha value is -2.69. The first-order valence-corrected chi connectivity index (χ1v) is 10.0. The predicted molar refractivity (Wildman–Crippen MR) is 114 cm³/mol. The quantitative estimate of drug-likeness (QED) is 0.439. The van der Waals surface area contributed by atoms with Crippen molar-refractivity contribution < 1.29 is 9.47 Å². The third-order valence-electron chi connectivity index (χ3n) is 4.83. The van der Waals surface area contributed by atoms with Crippen molar-refractivity contribution in [1.82, 2.24) is 20.1 Å². The Bertz CT molecular complexity index is 891. The van der Waals surface area contributed by atoms with E-state index < -0.39 is 0 Å². The highest BCUT2D eigenvalue weighted by atomic mass is 16.7. The molecular formula is C22H29N5O2. The van der Waals surface area contributed by atoms with Crippen LogP contribution in [0.2, 0.25) is 0 Å². The molecule has 29 heavy (non-hydrogen) atoms. The standard InChI is InChI=1S/C22H29N5O2/c1-5-8-17-10-11-19(20(13-17)29-15-28-6-2)21-16(3)23-22(26-25-21)24-18-9-7-12-27(4)14-18/h10-11,13,18H,6-7,9,12,14-15H2,1-4H3,(H,23,24,26)/t18-/m1/s1. The van der Waals surface area contributed by atoms with Crippen LogP contribution in [-0.4, -0.2) is 59.7 Å². The number of ether oxygens (including phenoxy) is 2. The molecule has 2 heterocycles. The van der Waals surface area contributed by atoms with E-state index in [1.54, 1.807) is 0 Å². The van der Waals surface area contributed by atoms with Gasteiger partial charge in [0.05, 0.1) is 5.69 Å². The van der Waals surface area contributed by atoms with Crippen LogP contribution in [0.3, 0.4) is 0 Å². The summed E-state index contributed by atoms with van der Waals surface area (Å²) in [5, 5.41) is 12.2. The molecule has 0 spiro atoms. The van der Waals surface area contributed by atoms with Gasteiger partial charge in [-0.15, -0.1) is 16.1 Å². The number of nitrogens with zero attached hydrogens (tertiary/aromatic N) is 4. The van der Waals surface area contributed by atoms with Gasteiger partial charge in [-0.1, -0.05) is 5.92 Å². The number of likely N-dealkylation sites (tertiary alicyclic amines) is 1. The van der Waals surface area contributed by atoms with Crippen molar-refractivity contribution in [2.24, 2.45) is 0 Å². The van der Waals surface area contributed by atoms with E-state index in [1.165, 1.54) is 6.42 Å². The minimum atomic E-state index is 0.168. The van der Waals surface area contributed by atoms with Gasteiger partial charge in [-0.2, -0.15) is 0 Å². The van der Waals surface area contributed by atoms with Crippen LogP contribution in [0.15, 0.2) is 18.2 Å². The van der Waals surface area contributed by atoms with E-state index in [-0.39, 0.29) is 6.79 Å². The summed E-state index contributed by atoms with van der Waals surface area (Å²) in [5.74, 6) is 7.19. The molecule has 1 aromatic carbocycles. The summed E-state index contributed by atoms with van der Waals surface area (Å²) in [4.78, 5) is 6.96. The highest BCUT2D eigenvalue weighted by Gasteiger charge is 2.19. The Morgan fingerprint density at radius 1 is 1.31 bits per heavy atom. The summed E-state index contributed by atoms with van der Waals surface area (Å²) in [6, 6.07) is 6.14. The van der Waals surface area contributed by atoms with E-state index in [0.717, 1.165) is 36.3 Å².